The summed E-state index contributed by atoms with van der Waals surface area (Å²) in [5.74, 6) is -1.31. The van der Waals surface area contributed by atoms with E-state index < -0.39 is 17.3 Å². The van der Waals surface area contributed by atoms with Gasteiger partial charge in [-0.1, -0.05) is 60.2 Å². The third-order valence-corrected chi connectivity index (χ3v) is 8.45. The molecule has 1 aliphatic heterocycles. The van der Waals surface area contributed by atoms with Crippen LogP contribution in [0.5, 0.6) is 0 Å². The molecule has 0 saturated carbocycles. The first-order valence-corrected chi connectivity index (χ1v) is 15.0. The van der Waals surface area contributed by atoms with E-state index in [0.29, 0.717) is 17.9 Å². The van der Waals surface area contributed by atoms with Crippen LogP contribution >= 0.6 is 11.3 Å². The minimum absolute atomic E-state index is 0.0334. The summed E-state index contributed by atoms with van der Waals surface area (Å²) in [5.41, 5.74) is 3.16. The number of hydrogen-bond donors (Lipinski definition) is 1. The number of nitriles is 1. The highest BCUT2D eigenvalue weighted by molar-refractivity contribution is 7.07. The number of amides is 1. The van der Waals surface area contributed by atoms with Crippen molar-refractivity contribution in [3.63, 3.8) is 0 Å². The predicted octanol–water partition coefficient (Wildman–Crippen LogP) is 4.00. The molecule has 1 fully saturated rings. The van der Waals surface area contributed by atoms with E-state index in [9.17, 15) is 14.9 Å². The van der Waals surface area contributed by atoms with Gasteiger partial charge in [-0.05, 0) is 50.1 Å². The molecule has 0 bridgehead atoms. The number of ether oxygens (including phenoxy) is 1. The van der Waals surface area contributed by atoms with Gasteiger partial charge in [0.1, 0.15) is 16.5 Å². The average Bonchev–Trinajstić information content (AvgIpc) is 3.78. The molecule has 1 amide bonds. The second-order valence-electron chi connectivity index (χ2n) is 10.4. The van der Waals surface area contributed by atoms with E-state index in [0.717, 1.165) is 45.6 Å². The van der Waals surface area contributed by atoms with Gasteiger partial charge in [0, 0.05) is 30.5 Å². The van der Waals surface area contributed by atoms with Crippen molar-refractivity contribution < 1.29 is 13.9 Å². The van der Waals surface area contributed by atoms with Gasteiger partial charge in [-0.15, -0.1) is 11.3 Å². The quantitative estimate of drug-likeness (QED) is 0.302. The first kappa shape index (κ1) is 29.0. The zero-order valence-corrected chi connectivity index (χ0v) is 24.7. The lowest BCUT2D eigenvalue weighted by molar-refractivity contribution is -0.116. The zero-order valence-electron chi connectivity index (χ0n) is 23.9. The molecule has 5 aromatic rings. The van der Waals surface area contributed by atoms with Crippen LogP contribution < -0.4 is 20.1 Å². The largest absolute Gasteiger partial charge is 0.376 e. The fraction of sp³-hybridized carbons (Fsp3) is 0.176. The number of aromatic nitrogens is 3. The fourth-order valence-corrected chi connectivity index (χ4v) is 6.17. The molecule has 3 heterocycles. The van der Waals surface area contributed by atoms with E-state index in [-0.39, 0.29) is 33.1 Å². The Morgan fingerprint density at radius 2 is 1.89 bits per heavy atom. The molecule has 3 aromatic carbocycles. The molecule has 2 aromatic heterocycles. The Bertz CT molecular complexity index is 2050. The van der Waals surface area contributed by atoms with Gasteiger partial charge in [0.05, 0.1) is 27.7 Å². The van der Waals surface area contributed by atoms with Gasteiger partial charge in [0.15, 0.2) is 5.57 Å². The van der Waals surface area contributed by atoms with Crippen molar-refractivity contribution in [2.75, 3.05) is 13.2 Å². The fourth-order valence-electron chi connectivity index (χ4n) is 5.08. The number of nitrogens with one attached hydrogen (secondary N) is 1. The third-order valence-electron chi connectivity index (χ3n) is 7.36. The summed E-state index contributed by atoms with van der Waals surface area (Å²) in [5, 5.41) is 17.7. The SMILES string of the molecule is Cc1ccc(-c2nn(-c3ccccc3)cc2/C=c2\s/c(=C(\C#N)C(=O)NCC3CCCO3)n(-c3ccccc3F)c2=O)cc1. The molecule has 1 N–H and O–H groups in total. The molecular formula is C34H28FN5O3S. The molecule has 0 aliphatic carbocycles. The minimum atomic E-state index is -0.658. The number of aryl methyl sites for hydroxylation is 1. The molecule has 1 unspecified atom stereocenters. The highest BCUT2D eigenvalue weighted by Crippen LogP contribution is 2.25. The lowest BCUT2D eigenvalue weighted by Gasteiger charge is -2.10. The maximum atomic E-state index is 15.1. The highest BCUT2D eigenvalue weighted by Gasteiger charge is 2.22. The van der Waals surface area contributed by atoms with Crippen molar-refractivity contribution in [2.45, 2.75) is 25.9 Å². The molecule has 1 saturated heterocycles. The summed E-state index contributed by atoms with van der Waals surface area (Å²) >= 11 is 0.955. The van der Waals surface area contributed by atoms with Crippen LogP contribution in [0.2, 0.25) is 0 Å². The Labute approximate surface area is 256 Å². The average molecular weight is 606 g/mol. The van der Waals surface area contributed by atoms with Crippen LogP contribution in [0.25, 0.3) is 34.3 Å². The topological polar surface area (TPSA) is 102 Å². The van der Waals surface area contributed by atoms with Gasteiger partial charge < -0.3 is 10.1 Å². The van der Waals surface area contributed by atoms with Crippen molar-refractivity contribution in [3.05, 3.63) is 122 Å². The molecule has 10 heteroatoms. The van der Waals surface area contributed by atoms with Gasteiger partial charge in [0.2, 0.25) is 0 Å². The maximum absolute atomic E-state index is 15.1. The van der Waals surface area contributed by atoms with Crippen LogP contribution in [-0.2, 0) is 9.53 Å². The molecular weight excluding hydrogens is 577 g/mol. The van der Waals surface area contributed by atoms with E-state index in [4.69, 9.17) is 9.84 Å². The number of nitrogens with zero attached hydrogens (tertiary/aromatic N) is 4. The van der Waals surface area contributed by atoms with E-state index in [1.165, 1.54) is 18.2 Å². The lowest BCUT2D eigenvalue weighted by atomic mass is 10.1. The second-order valence-corrected chi connectivity index (χ2v) is 11.4. The number of hydrogen-bond acceptors (Lipinski definition) is 6. The second kappa shape index (κ2) is 12.6. The van der Waals surface area contributed by atoms with Crippen molar-refractivity contribution in [1.82, 2.24) is 19.7 Å². The molecule has 6 rings (SSSR count). The number of benzene rings is 3. The Balaban J connectivity index is 1.56. The Morgan fingerprint density at radius 3 is 2.59 bits per heavy atom. The summed E-state index contributed by atoms with van der Waals surface area (Å²) in [6.45, 7) is 2.85. The maximum Gasteiger partial charge on any atom is 0.273 e. The van der Waals surface area contributed by atoms with E-state index >= 15 is 4.39 Å². The van der Waals surface area contributed by atoms with Crippen molar-refractivity contribution in [2.24, 2.45) is 0 Å². The van der Waals surface area contributed by atoms with Gasteiger partial charge in [-0.3, -0.25) is 14.2 Å². The Morgan fingerprint density at radius 1 is 1.14 bits per heavy atom. The molecule has 0 radical (unpaired) electrons. The summed E-state index contributed by atoms with van der Waals surface area (Å²) in [6.07, 6.45) is 5.06. The van der Waals surface area contributed by atoms with Crippen LogP contribution in [0.1, 0.15) is 24.0 Å². The highest BCUT2D eigenvalue weighted by atomic mass is 32.1. The van der Waals surface area contributed by atoms with Crippen molar-refractivity contribution >= 4 is 28.9 Å². The summed E-state index contributed by atoms with van der Waals surface area (Å²) < 4.78 is 23.8. The minimum Gasteiger partial charge on any atom is -0.376 e. The first-order valence-electron chi connectivity index (χ1n) is 14.2. The summed E-state index contributed by atoms with van der Waals surface area (Å²) in [6, 6.07) is 25.2. The molecule has 1 atom stereocenters. The van der Waals surface area contributed by atoms with Crippen LogP contribution in [0.4, 0.5) is 4.39 Å². The number of halogens is 1. The van der Waals surface area contributed by atoms with Crippen LogP contribution in [0, 0.1) is 24.1 Å². The normalized spacial score (nSPS) is 15.7. The lowest BCUT2D eigenvalue weighted by Crippen LogP contribution is -2.36. The van der Waals surface area contributed by atoms with E-state index in [1.807, 2.05) is 73.8 Å². The predicted molar refractivity (Wildman–Crippen MR) is 167 cm³/mol. The molecule has 0 spiro atoms. The van der Waals surface area contributed by atoms with Crippen LogP contribution in [-0.4, -0.2) is 39.5 Å². The number of carbonyl (C=O) groups is 1. The van der Waals surface area contributed by atoms with E-state index in [1.54, 1.807) is 16.8 Å². The van der Waals surface area contributed by atoms with Crippen molar-refractivity contribution in [1.29, 1.82) is 5.26 Å². The third kappa shape index (κ3) is 5.88. The number of para-hydroxylation sites is 2. The van der Waals surface area contributed by atoms with Gasteiger partial charge in [-0.25, -0.2) is 9.07 Å². The summed E-state index contributed by atoms with van der Waals surface area (Å²) in [4.78, 5) is 27.3. The van der Waals surface area contributed by atoms with E-state index in [2.05, 4.69) is 5.32 Å². The van der Waals surface area contributed by atoms with Gasteiger partial charge >= 0.3 is 0 Å². The van der Waals surface area contributed by atoms with Gasteiger partial charge in [-0.2, -0.15) is 10.4 Å². The molecule has 8 nitrogen and oxygen atoms in total. The molecule has 44 heavy (non-hydrogen) atoms. The monoisotopic (exact) mass is 605 g/mol. The number of rotatable bonds is 7. The number of thiazole rings is 1. The van der Waals surface area contributed by atoms with Crippen LogP contribution in [0.15, 0.2) is 89.9 Å². The standard InChI is InChI=1S/C34H28FN5O3S/c1-22-13-15-23(16-14-22)31-24(21-39(38-31)25-8-3-2-4-9-25)18-30-33(42)40(29-12-6-5-11-28(29)35)34(44-30)27(19-36)32(41)37-20-26-10-7-17-43-26/h2-6,8-9,11-16,18,21,26H,7,10,17,20H2,1H3,(H,37,41)/b30-18-,34-27+. The van der Waals surface area contributed by atoms with Crippen molar-refractivity contribution in [3.8, 4) is 28.7 Å². The first-order chi connectivity index (χ1) is 21.4. The smallest absolute Gasteiger partial charge is 0.273 e. The Kier molecular flexibility index (Phi) is 8.32. The van der Waals surface area contributed by atoms with Gasteiger partial charge in [0.25, 0.3) is 11.5 Å². The van der Waals surface area contributed by atoms with Crippen LogP contribution in [0.3, 0.4) is 0 Å². The molecule has 1 aliphatic rings. The zero-order chi connectivity index (χ0) is 30.6. The Hall–Kier alpha value is -5.11. The number of carbonyl (C=O) groups excluding carboxylic acids is 1. The summed E-state index contributed by atoms with van der Waals surface area (Å²) in [7, 11) is 0. The molecule has 220 valence electrons.